The van der Waals surface area contributed by atoms with Gasteiger partial charge in [0.25, 0.3) is 15.9 Å². The van der Waals surface area contributed by atoms with E-state index < -0.39 is 15.9 Å². The van der Waals surface area contributed by atoms with Crippen molar-refractivity contribution in [2.75, 3.05) is 9.62 Å². The Kier molecular flexibility index (Phi) is 6.34. The Bertz CT molecular complexity index is 2140. The summed E-state index contributed by atoms with van der Waals surface area (Å²) in [5.41, 5.74) is 4.38. The summed E-state index contributed by atoms with van der Waals surface area (Å²) in [4.78, 5) is 13.8. The number of halogens is 1. The lowest BCUT2D eigenvalue weighted by atomic mass is 9.95. The van der Waals surface area contributed by atoms with E-state index in [2.05, 4.69) is 5.32 Å². The van der Waals surface area contributed by atoms with Crippen LogP contribution in [0.3, 0.4) is 0 Å². The highest BCUT2D eigenvalue weighted by molar-refractivity contribution is 7.97. The second-order valence-corrected chi connectivity index (χ2v) is 12.2. The van der Waals surface area contributed by atoms with Gasteiger partial charge in [-0.25, -0.2) is 8.42 Å². The number of furan rings is 1. The van der Waals surface area contributed by atoms with Crippen LogP contribution >= 0.6 is 11.6 Å². The lowest BCUT2D eigenvalue weighted by Crippen LogP contribution is -2.39. The zero-order chi connectivity index (χ0) is 28.8. The topological polar surface area (TPSA) is 79.6 Å². The van der Waals surface area contributed by atoms with Crippen molar-refractivity contribution in [2.45, 2.75) is 6.54 Å². The molecule has 0 saturated heterocycles. The maximum Gasteiger partial charge on any atom is 0.270 e. The zero-order valence-electron chi connectivity index (χ0n) is 22.1. The molecule has 0 spiro atoms. The molecule has 6 aromatic rings. The highest BCUT2D eigenvalue weighted by atomic mass is 35.5. The van der Waals surface area contributed by atoms with E-state index in [1.807, 2.05) is 66.7 Å². The average Bonchev–Trinajstić information content (AvgIpc) is 3.37. The number of carbonyl (C=O) groups excluding carboxylic acids is 1. The summed E-state index contributed by atoms with van der Waals surface area (Å²) in [6, 6.07) is 36.3. The number of nitrogens with zero attached hydrogens (tertiary/aromatic N) is 1. The lowest BCUT2D eigenvalue weighted by molar-refractivity contribution is -0.112. The van der Waals surface area contributed by atoms with Crippen molar-refractivity contribution in [1.82, 2.24) is 0 Å². The molecule has 5 aromatic carbocycles. The Hall–Kier alpha value is -4.85. The minimum absolute atomic E-state index is 0.0433. The van der Waals surface area contributed by atoms with Crippen LogP contribution in [0.4, 0.5) is 11.4 Å². The smallest absolute Gasteiger partial charge is 0.270 e. The van der Waals surface area contributed by atoms with Crippen LogP contribution in [-0.4, -0.2) is 14.3 Å². The van der Waals surface area contributed by atoms with Gasteiger partial charge in [-0.1, -0.05) is 90.5 Å². The number of hydrogen-bond acceptors (Lipinski definition) is 4. The fourth-order valence-electron chi connectivity index (χ4n) is 5.45. The Morgan fingerprint density at radius 3 is 2.24 bits per heavy atom. The second-order valence-electron chi connectivity index (χ2n) is 9.99. The molecule has 7 rings (SSSR count). The molecule has 42 heavy (non-hydrogen) atoms. The summed E-state index contributed by atoms with van der Waals surface area (Å²) in [6.45, 7) is 0.0433. The quantitative estimate of drug-likeness (QED) is 0.221. The minimum Gasteiger partial charge on any atom is -0.456 e. The predicted octanol–water partition coefficient (Wildman–Crippen LogP) is 7.99. The number of sulfonamides is 1. The van der Waals surface area contributed by atoms with Crippen LogP contribution in [-0.2, 0) is 21.4 Å². The van der Waals surface area contributed by atoms with E-state index in [0.717, 1.165) is 21.9 Å². The molecule has 0 fully saturated rings. The number of fused-ring (bicyclic) bond motifs is 4. The monoisotopic (exact) mass is 590 g/mol. The maximum absolute atomic E-state index is 14.5. The summed E-state index contributed by atoms with van der Waals surface area (Å²) in [6.07, 6.45) is 0. The summed E-state index contributed by atoms with van der Waals surface area (Å²) in [7, 11) is -4.33. The third kappa shape index (κ3) is 4.43. The number of nitrogens with one attached hydrogen (secondary N) is 1. The van der Waals surface area contributed by atoms with Crippen LogP contribution < -0.4 is 9.62 Å². The Morgan fingerprint density at radius 2 is 1.45 bits per heavy atom. The highest BCUT2D eigenvalue weighted by Crippen LogP contribution is 2.45. The van der Waals surface area contributed by atoms with Gasteiger partial charge in [0.05, 0.1) is 12.2 Å². The van der Waals surface area contributed by atoms with Crippen molar-refractivity contribution in [1.29, 1.82) is 0 Å². The van der Waals surface area contributed by atoms with Crippen LogP contribution in [0.2, 0.25) is 5.02 Å². The number of rotatable bonds is 5. The van der Waals surface area contributed by atoms with E-state index >= 15 is 0 Å². The van der Waals surface area contributed by atoms with Crippen molar-refractivity contribution in [3.8, 4) is 0 Å². The first kappa shape index (κ1) is 26.1. The van der Waals surface area contributed by atoms with E-state index in [-0.39, 0.29) is 11.4 Å². The fraction of sp³-hybridized carbons (Fsp3) is 0.0294. The Morgan fingerprint density at radius 1 is 0.762 bits per heavy atom. The number of amides is 1. The van der Waals surface area contributed by atoms with Gasteiger partial charge in [-0.15, -0.1) is 0 Å². The molecule has 8 heteroatoms. The summed E-state index contributed by atoms with van der Waals surface area (Å²) in [5, 5.41) is 5.12. The third-order valence-electron chi connectivity index (χ3n) is 7.35. The van der Waals surface area contributed by atoms with E-state index in [9.17, 15) is 13.2 Å². The molecule has 6 nitrogen and oxygen atoms in total. The molecule has 206 valence electrons. The number of carbonyl (C=O) groups is 1. The van der Waals surface area contributed by atoms with Crippen molar-refractivity contribution < 1.29 is 17.6 Å². The molecule has 0 saturated carbocycles. The van der Waals surface area contributed by atoms with Crippen LogP contribution in [0.1, 0.15) is 16.7 Å². The molecule has 0 bridgehead atoms. The molecule has 1 N–H and O–H groups in total. The van der Waals surface area contributed by atoms with Gasteiger partial charge in [0.1, 0.15) is 11.2 Å². The first-order valence-electron chi connectivity index (χ1n) is 13.3. The molecule has 0 aliphatic carbocycles. The second kappa shape index (κ2) is 10.2. The van der Waals surface area contributed by atoms with Gasteiger partial charge in [-0.05, 0) is 47.5 Å². The molecule has 1 amide bonds. The van der Waals surface area contributed by atoms with Gasteiger partial charge in [0.2, 0.25) is 0 Å². The number of para-hydroxylation sites is 1. The number of hydrogen-bond donors (Lipinski definition) is 1. The molecule has 1 aliphatic rings. The van der Waals surface area contributed by atoms with Gasteiger partial charge in [-0.3, -0.25) is 9.10 Å². The fourth-order valence-corrected chi connectivity index (χ4v) is 7.35. The van der Waals surface area contributed by atoms with Crippen molar-refractivity contribution in [3.05, 3.63) is 148 Å². The van der Waals surface area contributed by atoms with Crippen LogP contribution in [0.5, 0.6) is 0 Å². The SMILES string of the molecule is O=C(Nc1ccc2c(c1)oc1ccccc12)C1=C(c2ccccc2)c2cc(Cl)ccc2N(Cc2ccccc2)S1(=O)=O. The third-order valence-corrected chi connectivity index (χ3v) is 9.39. The average molecular weight is 591 g/mol. The van der Waals surface area contributed by atoms with Crippen molar-refractivity contribution >= 4 is 66.4 Å². The molecule has 1 aliphatic heterocycles. The maximum atomic E-state index is 14.5. The Labute approximate surface area is 247 Å². The lowest BCUT2D eigenvalue weighted by Gasteiger charge is -2.33. The van der Waals surface area contributed by atoms with Gasteiger partial charge in [-0.2, -0.15) is 0 Å². The van der Waals surface area contributed by atoms with Crippen LogP contribution in [0.25, 0.3) is 27.5 Å². The molecule has 1 aromatic heterocycles. The summed E-state index contributed by atoms with van der Waals surface area (Å²) >= 11 is 6.45. The molecule has 2 heterocycles. The van der Waals surface area contributed by atoms with Gasteiger partial charge < -0.3 is 9.73 Å². The number of benzene rings is 5. The molecular weight excluding hydrogens is 568 g/mol. The van der Waals surface area contributed by atoms with E-state index in [0.29, 0.717) is 38.7 Å². The standard InChI is InChI=1S/C34H23ClN2O4S/c35-24-15-18-29-28(19-24)32(23-11-5-2-6-12-23)33(42(39,40)37(29)21-22-9-3-1-4-10-22)34(38)36-25-16-17-27-26-13-7-8-14-30(26)41-31(27)20-25/h1-20H,21H2,(H,36,38). The first-order valence-corrected chi connectivity index (χ1v) is 15.1. The summed E-state index contributed by atoms with van der Waals surface area (Å²) < 4.78 is 36.2. The van der Waals surface area contributed by atoms with Gasteiger partial charge in [0, 0.05) is 38.7 Å². The summed E-state index contributed by atoms with van der Waals surface area (Å²) in [5.74, 6) is -0.756. The first-order chi connectivity index (χ1) is 20.4. The molecule has 0 atom stereocenters. The molecule has 0 radical (unpaired) electrons. The number of anilines is 2. The van der Waals surface area contributed by atoms with Crippen molar-refractivity contribution in [2.24, 2.45) is 0 Å². The van der Waals surface area contributed by atoms with Gasteiger partial charge in [0.15, 0.2) is 4.91 Å². The van der Waals surface area contributed by atoms with Crippen molar-refractivity contribution in [3.63, 3.8) is 0 Å². The minimum atomic E-state index is -4.33. The Balaban J connectivity index is 1.40. The normalized spacial score (nSPS) is 14.3. The zero-order valence-corrected chi connectivity index (χ0v) is 23.7. The van der Waals surface area contributed by atoms with Crippen LogP contribution in [0, 0.1) is 0 Å². The van der Waals surface area contributed by atoms with Gasteiger partial charge >= 0.3 is 0 Å². The van der Waals surface area contributed by atoms with E-state index in [4.69, 9.17) is 16.0 Å². The molecular formula is C34H23ClN2O4S. The van der Waals surface area contributed by atoms with E-state index in [1.54, 1.807) is 54.6 Å². The molecule has 0 unspecified atom stereocenters. The predicted molar refractivity (Wildman–Crippen MR) is 168 cm³/mol. The van der Waals surface area contributed by atoms with Crippen LogP contribution in [0.15, 0.2) is 131 Å². The van der Waals surface area contributed by atoms with E-state index in [1.165, 1.54) is 4.31 Å². The largest absolute Gasteiger partial charge is 0.456 e. The highest BCUT2D eigenvalue weighted by Gasteiger charge is 2.41.